The van der Waals surface area contributed by atoms with Gasteiger partial charge in [0.2, 0.25) is 0 Å². The van der Waals surface area contributed by atoms with E-state index in [1.807, 2.05) is 78.9 Å². The van der Waals surface area contributed by atoms with Gasteiger partial charge in [0.15, 0.2) is 0 Å². The van der Waals surface area contributed by atoms with Crippen molar-refractivity contribution < 1.29 is 4.79 Å². The Balaban J connectivity index is 1.91. The van der Waals surface area contributed by atoms with Crippen molar-refractivity contribution in [3.8, 4) is 0 Å². The molecule has 0 bridgehead atoms. The molecule has 0 unspecified atom stereocenters. The molecule has 0 atom stereocenters. The van der Waals surface area contributed by atoms with E-state index in [1.165, 1.54) is 0 Å². The Morgan fingerprint density at radius 2 is 1.48 bits per heavy atom. The van der Waals surface area contributed by atoms with E-state index in [9.17, 15) is 4.79 Å². The van der Waals surface area contributed by atoms with Crippen molar-refractivity contribution >= 4 is 23.4 Å². The van der Waals surface area contributed by atoms with Crippen LogP contribution in [0.1, 0.15) is 21.6 Å². The van der Waals surface area contributed by atoms with Gasteiger partial charge in [-0.15, -0.1) is 0 Å². The molecule has 3 aromatic rings. The van der Waals surface area contributed by atoms with Crippen LogP contribution in [-0.2, 0) is 0 Å². The summed E-state index contributed by atoms with van der Waals surface area (Å²) < 4.78 is 0. The Bertz CT molecular complexity index is 886. The van der Waals surface area contributed by atoms with Gasteiger partial charge in [0.25, 0.3) is 5.91 Å². The number of benzene rings is 2. The van der Waals surface area contributed by atoms with Crippen molar-refractivity contribution in [2.75, 3.05) is 4.90 Å². The topological polar surface area (TPSA) is 33.2 Å². The average molecular weight is 298 g/mol. The number of nitrogens with zero attached hydrogens (tertiary/aromatic N) is 2. The number of fused-ring (bicyclic) bond motifs is 1. The molecule has 1 aliphatic rings. The first kappa shape index (κ1) is 13.5. The highest BCUT2D eigenvalue weighted by atomic mass is 16.2. The molecule has 0 saturated carbocycles. The highest BCUT2D eigenvalue weighted by Gasteiger charge is 2.32. The fourth-order valence-corrected chi connectivity index (χ4v) is 2.82. The van der Waals surface area contributed by atoms with E-state index in [0.29, 0.717) is 0 Å². The summed E-state index contributed by atoms with van der Waals surface area (Å²) in [7, 11) is 0. The van der Waals surface area contributed by atoms with E-state index < -0.39 is 0 Å². The quantitative estimate of drug-likeness (QED) is 0.709. The maximum atomic E-state index is 12.9. The zero-order chi connectivity index (χ0) is 15.6. The summed E-state index contributed by atoms with van der Waals surface area (Å²) in [6, 6.07) is 23.1. The lowest BCUT2D eigenvalue weighted by atomic mass is 10.1. The van der Waals surface area contributed by atoms with Crippen molar-refractivity contribution in [2.24, 2.45) is 0 Å². The van der Waals surface area contributed by atoms with Gasteiger partial charge in [0.1, 0.15) is 0 Å². The molecular formula is C20H14N2O. The number of anilines is 1. The Hall–Kier alpha value is -3.20. The van der Waals surface area contributed by atoms with Crippen LogP contribution < -0.4 is 4.90 Å². The third-order valence-electron chi connectivity index (χ3n) is 3.86. The summed E-state index contributed by atoms with van der Waals surface area (Å²) in [5.74, 6) is -0.00557. The average Bonchev–Trinajstić information content (AvgIpc) is 2.89. The normalized spacial score (nSPS) is 15.0. The predicted molar refractivity (Wildman–Crippen MR) is 91.8 cm³/mol. The maximum absolute atomic E-state index is 12.9. The van der Waals surface area contributed by atoms with Gasteiger partial charge in [0, 0.05) is 23.0 Å². The number of carbonyl (C=O) groups is 1. The van der Waals surface area contributed by atoms with Gasteiger partial charge < -0.3 is 0 Å². The Morgan fingerprint density at radius 3 is 2.22 bits per heavy atom. The van der Waals surface area contributed by atoms with Crippen LogP contribution in [0.3, 0.4) is 0 Å². The zero-order valence-electron chi connectivity index (χ0n) is 12.4. The third kappa shape index (κ3) is 2.32. The number of aromatic nitrogens is 1. The smallest absolute Gasteiger partial charge is 0.263 e. The molecule has 1 aliphatic heterocycles. The van der Waals surface area contributed by atoms with Crippen LogP contribution in [0.2, 0.25) is 0 Å². The van der Waals surface area contributed by atoms with E-state index in [4.69, 9.17) is 0 Å². The van der Waals surface area contributed by atoms with Crippen LogP contribution in [0.15, 0.2) is 79.0 Å². The van der Waals surface area contributed by atoms with Crippen molar-refractivity contribution in [1.82, 2.24) is 4.98 Å². The monoisotopic (exact) mass is 298 g/mol. The first-order valence-corrected chi connectivity index (χ1v) is 7.46. The summed E-state index contributed by atoms with van der Waals surface area (Å²) in [4.78, 5) is 19.0. The molecule has 0 aliphatic carbocycles. The highest BCUT2D eigenvalue weighted by Crippen LogP contribution is 2.37. The molecule has 1 amide bonds. The number of amides is 1. The molecule has 2 heterocycles. The second-order valence-electron chi connectivity index (χ2n) is 5.31. The second kappa shape index (κ2) is 5.54. The molecule has 0 saturated heterocycles. The fraction of sp³-hybridized carbons (Fsp3) is 0. The molecule has 0 fully saturated rings. The minimum absolute atomic E-state index is 0.00557. The number of para-hydroxylation sites is 1. The van der Waals surface area contributed by atoms with E-state index in [0.717, 1.165) is 28.2 Å². The second-order valence-corrected chi connectivity index (χ2v) is 5.31. The number of hydrogen-bond acceptors (Lipinski definition) is 2. The van der Waals surface area contributed by atoms with Crippen molar-refractivity contribution in [3.05, 3.63) is 95.8 Å². The summed E-state index contributed by atoms with van der Waals surface area (Å²) in [6.07, 6.45) is 3.71. The van der Waals surface area contributed by atoms with Crippen molar-refractivity contribution in [1.29, 1.82) is 0 Å². The molecule has 0 N–H and O–H groups in total. The molecular weight excluding hydrogens is 284 g/mol. The van der Waals surface area contributed by atoms with Gasteiger partial charge in [-0.05, 0) is 36.4 Å². The van der Waals surface area contributed by atoms with Crippen LogP contribution in [0.25, 0.3) is 11.8 Å². The van der Waals surface area contributed by atoms with Gasteiger partial charge in [0.05, 0.1) is 11.4 Å². The lowest BCUT2D eigenvalue weighted by Gasteiger charge is -2.18. The van der Waals surface area contributed by atoms with Crippen LogP contribution >= 0.6 is 0 Å². The molecule has 3 nitrogen and oxygen atoms in total. The van der Waals surface area contributed by atoms with Gasteiger partial charge >= 0.3 is 0 Å². The molecule has 110 valence electrons. The van der Waals surface area contributed by atoms with Crippen LogP contribution in [0.4, 0.5) is 5.69 Å². The van der Waals surface area contributed by atoms with E-state index in [-0.39, 0.29) is 5.91 Å². The van der Waals surface area contributed by atoms with Crippen molar-refractivity contribution in [2.45, 2.75) is 0 Å². The number of hydrogen-bond donors (Lipinski definition) is 0. The van der Waals surface area contributed by atoms with Gasteiger partial charge in [-0.1, -0.05) is 42.5 Å². The summed E-state index contributed by atoms with van der Waals surface area (Å²) >= 11 is 0. The fourth-order valence-electron chi connectivity index (χ4n) is 2.82. The van der Waals surface area contributed by atoms with Crippen LogP contribution in [0.5, 0.6) is 0 Å². The molecule has 0 radical (unpaired) electrons. The molecule has 0 spiro atoms. The Kier molecular flexibility index (Phi) is 3.24. The van der Waals surface area contributed by atoms with Crippen molar-refractivity contribution in [3.63, 3.8) is 0 Å². The Labute approximate surface area is 134 Å². The summed E-state index contributed by atoms with van der Waals surface area (Å²) in [5, 5.41) is 0. The minimum Gasteiger partial charge on any atom is -0.276 e. The van der Waals surface area contributed by atoms with Gasteiger partial charge in [-0.25, -0.2) is 0 Å². The standard InChI is InChI=1S/C20H14N2O/c23-20-18-12-5-4-11-17(18)19(14-15-8-6-7-13-21-15)22(20)16-9-2-1-3-10-16/h1-14H/b19-14-. The summed E-state index contributed by atoms with van der Waals surface area (Å²) in [6.45, 7) is 0. The molecule has 1 aromatic heterocycles. The largest absolute Gasteiger partial charge is 0.276 e. The molecule has 23 heavy (non-hydrogen) atoms. The van der Waals surface area contributed by atoms with E-state index in [1.54, 1.807) is 11.1 Å². The highest BCUT2D eigenvalue weighted by molar-refractivity contribution is 6.24. The lowest BCUT2D eigenvalue weighted by Crippen LogP contribution is -2.22. The Morgan fingerprint density at radius 1 is 0.783 bits per heavy atom. The van der Waals surface area contributed by atoms with E-state index in [2.05, 4.69) is 4.98 Å². The molecule has 2 aromatic carbocycles. The maximum Gasteiger partial charge on any atom is 0.263 e. The van der Waals surface area contributed by atoms with E-state index >= 15 is 0 Å². The lowest BCUT2D eigenvalue weighted by molar-refractivity contribution is 0.101. The first-order chi connectivity index (χ1) is 11.3. The number of pyridine rings is 1. The third-order valence-corrected chi connectivity index (χ3v) is 3.86. The van der Waals surface area contributed by atoms with Gasteiger partial charge in [-0.2, -0.15) is 0 Å². The molecule has 3 heteroatoms. The zero-order valence-corrected chi connectivity index (χ0v) is 12.4. The number of carbonyl (C=O) groups excluding carboxylic acids is 1. The molecule has 4 rings (SSSR count). The van der Waals surface area contributed by atoms with Gasteiger partial charge in [-0.3, -0.25) is 14.7 Å². The summed E-state index contributed by atoms with van der Waals surface area (Å²) in [5.41, 5.74) is 4.20. The van der Waals surface area contributed by atoms with Crippen LogP contribution in [0, 0.1) is 0 Å². The van der Waals surface area contributed by atoms with Crippen LogP contribution in [-0.4, -0.2) is 10.9 Å². The first-order valence-electron chi connectivity index (χ1n) is 7.46. The predicted octanol–water partition coefficient (Wildman–Crippen LogP) is 4.24. The SMILES string of the molecule is O=C1c2ccccc2/C(=C/c2ccccn2)N1c1ccccc1. The number of rotatable bonds is 2. The minimum atomic E-state index is -0.00557.